The van der Waals surface area contributed by atoms with Crippen molar-refractivity contribution in [1.82, 2.24) is 10.9 Å². The number of nitrogens with zero attached hydrogens (tertiary/aromatic N) is 1. The third kappa shape index (κ3) is 3.67. The highest BCUT2D eigenvalue weighted by atomic mass is 16.7. The van der Waals surface area contributed by atoms with Crippen LogP contribution in [0.3, 0.4) is 0 Å². The first kappa shape index (κ1) is 8.93. The maximum Gasteiger partial charge on any atom is 0.146 e. The molecule has 1 radical (unpaired) electrons. The van der Waals surface area contributed by atoms with Gasteiger partial charge in [-0.05, 0) is 6.92 Å². The van der Waals surface area contributed by atoms with E-state index in [2.05, 4.69) is 10.9 Å². The Kier molecular flexibility index (Phi) is 4.45. The lowest BCUT2D eigenvalue weighted by molar-refractivity contribution is -0.0577. The van der Waals surface area contributed by atoms with Crippen LogP contribution in [-0.2, 0) is 9.47 Å². The zero-order chi connectivity index (χ0) is 7.94. The molecule has 0 aromatic carbocycles. The van der Waals surface area contributed by atoms with Gasteiger partial charge in [0.1, 0.15) is 6.79 Å². The lowest BCUT2D eigenvalue weighted by Gasteiger charge is -2.07. The van der Waals surface area contributed by atoms with Crippen molar-refractivity contribution >= 4 is 0 Å². The minimum Gasteiger partial charge on any atom is -0.356 e. The Bertz CT molecular complexity index is 94.4. The third-order valence-corrected chi connectivity index (χ3v) is 1.57. The van der Waals surface area contributed by atoms with Crippen LogP contribution in [0.5, 0.6) is 0 Å². The van der Waals surface area contributed by atoms with Crippen LogP contribution in [0.2, 0.25) is 0 Å². The molecule has 0 bridgehead atoms. The van der Waals surface area contributed by atoms with E-state index >= 15 is 0 Å². The molecule has 4 nitrogen and oxygen atoms in total. The van der Waals surface area contributed by atoms with Crippen molar-refractivity contribution in [2.75, 3.05) is 33.1 Å². The summed E-state index contributed by atoms with van der Waals surface area (Å²) in [4.78, 5) is 0. The van der Waals surface area contributed by atoms with Crippen molar-refractivity contribution in [3.8, 4) is 0 Å². The van der Waals surface area contributed by atoms with Gasteiger partial charge in [-0.1, -0.05) is 0 Å². The van der Waals surface area contributed by atoms with Crippen molar-refractivity contribution < 1.29 is 9.47 Å². The number of hydrogen-bond donors (Lipinski definition) is 1. The Morgan fingerprint density at radius 3 is 3.09 bits per heavy atom. The summed E-state index contributed by atoms with van der Waals surface area (Å²) in [7, 11) is 0. The molecule has 1 aliphatic rings. The summed E-state index contributed by atoms with van der Waals surface area (Å²) >= 11 is 0. The number of ether oxygens (including phenoxy) is 2. The maximum absolute atomic E-state index is 5.24. The summed E-state index contributed by atoms with van der Waals surface area (Å²) in [6.45, 7) is 5.63. The summed E-state index contributed by atoms with van der Waals surface area (Å²) in [5.41, 5.74) is 6.91. The molecule has 1 aliphatic heterocycles. The smallest absolute Gasteiger partial charge is 0.146 e. The minimum absolute atomic E-state index is 0.410. The fourth-order valence-corrected chi connectivity index (χ4v) is 0.921. The summed E-state index contributed by atoms with van der Waals surface area (Å²) in [6.07, 6.45) is 0. The van der Waals surface area contributed by atoms with E-state index in [4.69, 9.17) is 9.47 Å². The maximum atomic E-state index is 5.24. The normalized spacial score (nSPS) is 19.4. The van der Waals surface area contributed by atoms with Gasteiger partial charge in [-0.3, -0.25) is 0 Å². The second kappa shape index (κ2) is 5.49. The molecule has 0 spiro atoms. The molecule has 0 amide bonds. The third-order valence-electron chi connectivity index (χ3n) is 1.57. The molecule has 1 N–H and O–H groups in total. The van der Waals surface area contributed by atoms with Crippen LogP contribution in [-0.4, -0.2) is 33.1 Å². The van der Waals surface area contributed by atoms with Gasteiger partial charge in [-0.15, -0.1) is 0 Å². The number of rotatable bonds is 5. The zero-order valence-electron chi connectivity index (χ0n) is 6.88. The number of hydrogen-bond acceptors (Lipinski definition) is 3. The summed E-state index contributed by atoms with van der Waals surface area (Å²) in [6, 6.07) is 0. The van der Waals surface area contributed by atoms with Crippen LogP contribution in [0, 0.1) is 5.92 Å². The quantitative estimate of drug-likeness (QED) is 0.444. The van der Waals surface area contributed by atoms with Gasteiger partial charge in [-0.25, -0.2) is 5.43 Å². The summed E-state index contributed by atoms with van der Waals surface area (Å²) < 4.78 is 10.3. The number of nitrogens with one attached hydrogen (secondary N) is 1. The average molecular weight is 159 g/mol. The van der Waals surface area contributed by atoms with Crippen LogP contribution in [0.15, 0.2) is 0 Å². The van der Waals surface area contributed by atoms with Gasteiger partial charge >= 0.3 is 0 Å². The van der Waals surface area contributed by atoms with Crippen LogP contribution < -0.4 is 10.9 Å². The van der Waals surface area contributed by atoms with Crippen molar-refractivity contribution in [2.24, 2.45) is 5.92 Å². The lowest BCUT2D eigenvalue weighted by atomic mass is 10.2. The van der Waals surface area contributed by atoms with E-state index in [0.717, 1.165) is 19.7 Å². The Labute approximate surface area is 67.2 Å². The monoisotopic (exact) mass is 159 g/mol. The zero-order valence-corrected chi connectivity index (χ0v) is 6.88. The molecule has 1 saturated heterocycles. The van der Waals surface area contributed by atoms with Gasteiger partial charge in [0.15, 0.2) is 0 Å². The minimum atomic E-state index is 0.410. The molecule has 1 heterocycles. The van der Waals surface area contributed by atoms with E-state index in [1.165, 1.54) is 0 Å². The largest absolute Gasteiger partial charge is 0.356 e. The summed E-state index contributed by atoms with van der Waals surface area (Å²) in [5, 5.41) is 0. The molecule has 65 valence electrons. The molecule has 0 aromatic heterocycles. The Morgan fingerprint density at radius 2 is 2.45 bits per heavy atom. The predicted molar refractivity (Wildman–Crippen MR) is 40.9 cm³/mol. The van der Waals surface area contributed by atoms with E-state index in [-0.39, 0.29) is 0 Å². The van der Waals surface area contributed by atoms with Crippen molar-refractivity contribution in [1.29, 1.82) is 0 Å². The topological polar surface area (TPSA) is 44.6 Å². The van der Waals surface area contributed by atoms with Gasteiger partial charge in [0, 0.05) is 25.6 Å². The van der Waals surface area contributed by atoms with E-state index < -0.39 is 0 Å². The molecule has 4 heteroatoms. The first-order valence-electron chi connectivity index (χ1n) is 3.98. The Balaban J connectivity index is 1.86. The SMILES string of the molecule is CCOCOCC1C[N]NC1. The van der Waals surface area contributed by atoms with E-state index in [0.29, 0.717) is 19.3 Å². The van der Waals surface area contributed by atoms with Gasteiger partial charge in [0.2, 0.25) is 0 Å². The molecular formula is C7H15N2O2. The molecule has 1 atom stereocenters. The molecule has 1 rings (SSSR count). The molecule has 0 saturated carbocycles. The lowest BCUT2D eigenvalue weighted by Crippen LogP contribution is -2.16. The van der Waals surface area contributed by atoms with Gasteiger partial charge in [0.05, 0.1) is 6.61 Å². The highest BCUT2D eigenvalue weighted by molar-refractivity contribution is 4.67. The molecule has 11 heavy (non-hydrogen) atoms. The fourth-order valence-electron chi connectivity index (χ4n) is 0.921. The van der Waals surface area contributed by atoms with Crippen LogP contribution in [0.1, 0.15) is 6.92 Å². The first-order valence-corrected chi connectivity index (χ1v) is 3.98. The molecule has 1 unspecified atom stereocenters. The predicted octanol–water partition coefficient (Wildman–Crippen LogP) is -0.264. The second-order valence-corrected chi connectivity index (χ2v) is 2.55. The van der Waals surface area contributed by atoms with Gasteiger partial charge in [-0.2, -0.15) is 5.43 Å². The van der Waals surface area contributed by atoms with Crippen LogP contribution in [0.4, 0.5) is 0 Å². The summed E-state index contributed by atoms with van der Waals surface area (Å²) in [5.74, 6) is 0.537. The fraction of sp³-hybridized carbons (Fsp3) is 1.00. The van der Waals surface area contributed by atoms with Gasteiger partial charge < -0.3 is 9.47 Å². The molecule has 0 aliphatic carbocycles. The van der Waals surface area contributed by atoms with E-state index in [9.17, 15) is 0 Å². The van der Waals surface area contributed by atoms with Crippen molar-refractivity contribution in [2.45, 2.75) is 6.92 Å². The van der Waals surface area contributed by atoms with E-state index in [1.54, 1.807) is 0 Å². The van der Waals surface area contributed by atoms with Crippen LogP contribution in [0.25, 0.3) is 0 Å². The highest BCUT2D eigenvalue weighted by Gasteiger charge is 2.14. The van der Waals surface area contributed by atoms with Crippen molar-refractivity contribution in [3.63, 3.8) is 0 Å². The Hall–Kier alpha value is -0.160. The second-order valence-electron chi connectivity index (χ2n) is 2.55. The molecule has 0 aromatic rings. The van der Waals surface area contributed by atoms with Gasteiger partial charge in [0.25, 0.3) is 0 Å². The standard InChI is InChI=1S/C7H15N2O2/c1-2-10-6-11-5-7-3-8-9-4-7/h7-8H,2-6H2,1H3. The molecular weight excluding hydrogens is 144 g/mol. The Morgan fingerprint density at radius 1 is 1.55 bits per heavy atom. The van der Waals surface area contributed by atoms with E-state index in [1.807, 2.05) is 6.92 Å². The molecule has 1 fully saturated rings. The first-order chi connectivity index (χ1) is 5.43. The van der Waals surface area contributed by atoms with Crippen molar-refractivity contribution in [3.05, 3.63) is 0 Å². The average Bonchev–Trinajstić information content (AvgIpc) is 2.50. The van der Waals surface area contributed by atoms with Crippen LogP contribution >= 0.6 is 0 Å². The highest BCUT2D eigenvalue weighted by Crippen LogP contribution is 1.99.